The molecule has 0 saturated heterocycles. The number of fused-ring (bicyclic) bond motifs is 1. The van der Waals surface area contributed by atoms with Gasteiger partial charge < -0.3 is 10.2 Å². The molecule has 0 aromatic carbocycles. The summed E-state index contributed by atoms with van der Waals surface area (Å²) in [5.74, 6) is -0.202. The number of aromatic nitrogens is 4. The van der Waals surface area contributed by atoms with Crippen LogP contribution in [0.25, 0.3) is 0 Å². The molecule has 3 heterocycles. The van der Waals surface area contributed by atoms with Gasteiger partial charge in [-0.15, -0.1) is 0 Å². The van der Waals surface area contributed by atoms with Crippen LogP contribution in [0.15, 0.2) is 12.1 Å². The van der Waals surface area contributed by atoms with Crippen molar-refractivity contribution in [3.8, 4) is 0 Å². The second-order valence-corrected chi connectivity index (χ2v) is 7.06. The molecule has 3 rings (SSSR count). The van der Waals surface area contributed by atoms with Gasteiger partial charge >= 0.3 is 12.2 Å². The number of halogens is 3. The van der Waals surface area contributed by atoms with E-state index in [9.17, 15) is 18.0 Å². The summed E-state index contributed by atoms with van der Waals surface area (Å²) in [7, 11) is 0. The van der Waals surface area contributed by atoms with Crippen molar-refractivity contribution < 1.29 is 18.0 Å². The third kappa shape index (κ3) is 4.42. The average molecular weight is 384 g/mol. The predicted molar refractivity (Wildman–Crippen MR) is 91.9 cm³/mol. The normalized spacial score (nSPS) is 15.6. The fourth-order valence-electron chi connectivity index (χ4n) is 3.23. The molecule has 2 amide bonds. The molecule has 27 heavy (non-hydrogen) atoms. The van der Waals surface area contributed by atoms with Crippen molar-refractivity contribution in [2.45, 2.75) is 46.6 Å². The molecule has 0 saturated carbocycles. The van der Waals surface area contributed by atoms with E-state index in [2.05, 4.69) is 15.5 Å². The summed E-state index contributed by atoms with van der Waals surface area (Å²) in [6.07, 6.45) is -4.45. The zero-order valence-corrected chi connectivity index (χ0v) is 15.5. The summed E-state index contributed by atoms with van der Waals surface area (Å²) in [6, 6.07) is 2.75. The summed E-state index contributed by atoms with van der Waals surface area (Å²) in [4.78, 5) is 14.1. The van der Waals surface area contributed by atoms with Gasteiger partial charge in [-0.25, -0.2) is 4.79 Å². The van der Waals surface area contributed by atoms with Gasteiger partial charge in [0.15, 0.2) is 0 Å². The van der Waals surface area contributed by atoms with Gasteiger partial charge in [-0.3, -0.25) is 9.36 Å². The first kappa shape index (κ1) is 19.2. The van der Waals surface area contributed by atoms with Gasteiger partial charge in [0.2, 0.25) is 0 Å². The van der Waals surface area contributed by atoms with Gasteiger partial charge in [0.1, 0.15) is 5.69 Å². The van der Waals surface area contributed by atoms with E-state index in [4.69, 9.17) is 0 Å². The van der Waals surface area contributed by atoms with Crippen LogP contribution in [-0.4, -0.2) is 43.6 Å². The van der Waals surface area contributed by atoms with Crippen LogP contribution < -0.4 is 5.32 Å². The lowest BCUT2D eigenvalue weighted by Crippen LogP contribution is -2.45. The molecule has 1 unspecified atom stereocenters. The Morgan fingerprint density at radius 1 is 1.22 bits per heavy atom. The minimum atomic E-state index is -4.45. The van der Waals surface area contributed by atoms with E-state index in [-0.39, 0.29) is 25.0 Å². The number of alkyl halides is 3. The number of carbonyl (C=O) groups excluding carboxylic acids is 1. The van der Waals surface area contributed by atoms with Crippen LogP contribution >= 0.6 is 0 Å². The number of amides is 2. The van der Waals surface area contributed by atoms with E-state index >= 15 is 0 Å². The minimum Gasteiger partial charge on any atom is -0.338 e. The third-order valence-corrected chi connectivity index (χ3v) is 4.49. The molecule has 1 aliphatic rings. The molecular formula is C17H23F3N6O. The highest BCUT2D eigenvalue weighted by Crippen LogP contribution is 2.30. The lowest BCUT2D eigenvalue weighted by atomic mass is 10.2. The molecule has 148 valence electrons. The Balaban J connectivity index is 1.54. The van der Waals surface area contributed by atoms with Gasteiger partial charge in [0, 0.05) is 19.6 Å². The zero-order valence-electron chi connectivity index (χ0n) is 15.5. The minimum absolute atomic E-state index is 0.0783. The second-order valence-electron chi connectivity index (χ2n) is 7.06. The Morgan fingerprint density at radius 2 is 1.93 bits per heavy atom. The summed E-state index contributed by atoms with van der Waals surface area (Å²) in [5.41, 5.74) is 1.44. The van der Waals surface area contributed by atoms with E-state index in [1.54, 1.807) is 11.8 Å². The Hall–Kier alpha value is -2.52. The predicted octanol–water partition coefficient (Wildman–Crippen LogP) is 2.58. The maximum atomic E-state index is 13.0. The van der Waals surface area contributed by atoms with Crippen molar-refractivity contribution in [3.63, 3.8) is 0 Å². The number of aryl methyl sites for hydroxylation is 2. The van der Waals surface area contributed by atoms with Crippen molar-refractivity contribution >= 4 is 6.03 Å². The van der Waals surface area contributed by atoms with Crippen molar-refractivity contribution in [3.05, 3.63) is 34.9 Å². The molecular weight excluding hydrogens is 361 g/mol. The molecule has 0 radical (unpaired) electrons. The molecule has 0 fully saturated rings. The molecule has 0 bridgehead atoms. The van der Waals surface area contributed by atoms with Crippen molar-refractivity contribution in [2.24, 2.45) is 5.92 Å². The highest BCUT2D eigenvalue weighted by atomic mass is 19.4. The first-order valence-electron chi connectivity index (χ1n) is 8.81. The summed E-state index contributed by atoms with van der Waals surface area (Å²) in [5, 5.41) is 11.1. The van der Waals surface area contributed by atoms with E-state index in [1.165, 1.54) is 6.92 Å². The average Bonchev–Trinajstić information content (AvgIpc) is 3.12. The van der Waals surface area contributed by atoms with Crippen molar-refractivity contribution in [2.75, 3.05) is 13.1 Å². The third-order valence-electron chi connectivity index (χ3n) is 4.49. The summed E-state index contributed by atoms with van der Waals surface area (Å²) in [6.45, 7) is 7.21. The zero-order chi connectivity index (χ0) is 19.8. The van der Waals surface area contributed by atoms with E-state index in [1.807, 2.05) is 17.7 Å². The first-order chi connectivity index (χ1) is 12.6. The van der Waals surface area contributed by atoms with Crippen LogP contribution in [0.3, 0.4) is 0 Å². The smallest absolute Gasteiger partial charge is 0.338 e. The Kier molecular flexibility index (Phi) is 5.16. The maximum Gasteiger partial charge on any atom is 0.433 e. The quantitative estimate of drug-likeness (QED) is 0.881. The largest absolute Gasteiger partial charge is 0.433 e. The molecule has 7 nitrogen and oxygen atoms in total. The van der Waals surface area contributed by atoms with E-state index in [0.29, 0.717) is 25.3 Å². The first-order valence-corrected chi connectivity index (χ1v) is 8.81. The molecule has 1 aliphatic heterocycles. The number of rotatable bonds is 4. The second kappa shape index (κ2) is 7.24. The number of hydrogen-bond acceptors (Lipinski definition) is 3. The fourth-order valence-corrected chi connectivity index (χ4v) is 3.23. The molecule has 2 aromatic heterocycles. The highest BCUT2D eigenvalue weighted by molar-refractivity contribution is 5.74. The molecule has 0 aliphatic carbocycles. The highest BCUT2D eigenvalue weighted by Gasteiger charge is 2.35. The van der Waals surface area contributed by atoms with Gasteiger partial charge in [-0.05, 0) is 31.9 Å². The molecule has 10 heteroatoms. The van der Waals surface area contributed by atoms with Gasteiger partial charge in [0.05, 0.1) is 30.2 Å². The van der Waals surface area contributed by atoms with Gasteiger partial charge in [-0.1, -0.05) is 6.92 Å². The number of hydrogen-bond donors (Lipinski definition) is 1. The SMILES string of the molecule is Cc1cc2n(n1)CCN(C(=O)NCC(C)Cn1nc(C)cc1C(F)(F)F)C2. The Labute approximate surface area is 155 Å². The molecule has 0 spiro atoms. The fraction of sp³-hybridized carbons (Fsp3) is 0.588. The van der Waals surface area contributed by atoms with Crippen LogP contribution in [0.5, 0.6) is 0 Å². The maximum absolute atomic E-state index is 13.0. The van der Waals surface area contributed by atoms with E-state index < -0.39 is 11.9 Å². The van der Waals surface area contributed by atoms with Crippen molar-refractivity contribution in [1.82, 2.24) is 29.8 Å². The van der Waals surface area contributed by atoms with Crippen LogP contribution in [0.1, 0.15) is 29.7 Å². The van der Waals surface area contributed by atoms with Gasteiger partial charge in [-0.2, -0.15) is 23.4 Å². The summed E-state index contributed by atoms with van der Waals surface area (Å²) >= 11 is 0. The Bertz CT molecular complexity index is 825. The van der Waals surface area contributed by atoms with Gasteiger partial charge in [0.25, 0.3) is 0 Å². The lowest BCUT2D eigenvalue weighted by Gasteiger charge is -2.28. The van der Waals surface area contributed by atoms with Crippen LogP contribution in [0.2, 0.25) is 0 Å². The number of carbonyl (C=O) groups is 1. The van der Waals surface area contributed by atoms with Crippen LogP contribution in [0, 0.1) is 19.8 Å². The molecule has 2 aromatic rings. The summed E-state index contributed by atoms with van der Waals surface area (Å²) < 4.78 is 42.0. The monoisotopic (exact) mass is 384 g/mol. The molecule has 1 atom stereocenters. The molecule has 1 N–H and O–H groups in total. The van der Waals surface area contributed by atoms with E-state index in [0.717, 1.165) is 22.1 Å². The van der Waals surface area contributed by atoms with Crippen LogP contribution in [-0.2, 0) is 25.8 Å². The topological polar surface area (TPSA) is 68.0 Å². The Morgan fingerprint density at radius 3 is 2.63 bits per heavy atom. The standard InChI is InChI=1S/C17H23F3N6O/c1-11(9-26-15(17(18,19)20)7-13(3)23-26)8-21-16(27)24-4-5-25-14(10-24)6-12(2)22-25/h6-7,11H,4-5,8-10H2,1-3H3,(H,21,27). The lowest BCUT2D eigenvalue weighted by molar-refractivity contribution is -0.144. The van der Waals surface area contributed by atoms with Crippen molar-refractivity contribution in [1.29, 1.82) is 0 Å². The number of urea groups is 1. The number of nitrogens with zero attached hydrogens (tertiary/aromatic N) is 5. The number of nitrogens with one attached hydrogen (secondary N) is 1. The van der Waals surface area contributed by atoms with Crippen LogP contribution in [0.4, 0.5) is 18.0 Å².